The standard InChI is InChI=1S/C26H22ClN3O6S2/c1-16-3-10-20(11-4-16)38(33,34)29-15-23(31)30-28-14-17-5-7-18(8-6-17)36-26(32)25-24(27)21-12-9-19(35-2)13-22(21)37-25/h3-14,29H,15H2,1-2H3,(H,30,31)/b28-14+. The molecule has 12 heteroatoms. The first-order chi connectivity index (χ1) is 18.2. The van der Waals surface area contributed by atoms with Crippen molar-refractivity contribution in [2.24, 2.45) is 5.10 Å². The summed E-state index contributed by atoms with van der Waals surface area (Å²) in [6, 6.07) is 18.0. The minimum atomic E-state index is -3.82. The summed E-state index contributed by atoms with van der Waals surface area (Å²) in [6.07, 6.45) is 1.37. The summed E-state index contributed by atoms with van der Waals surface area (Å²) in [4.78, 5) is 25.0. The molecule has 9 nitrogen and oxygen atoms in total. The highest BCUT2D eigenvalue weighted by Gasteiger charge is 2.20. The van der Waals surface area contributed by atoms with E-state index in [0.717, 1.165) is 15.6 Å². The quantitative estimate of drug-likeness (QED) is 0.132. The van der Waals surface area contributed by atoms with Gasteiger partial charge in [-0.2, -0.15) is 5.10 Å². The van der Waals surface area contributed by atoms with Gasteiger partial charge in [-0.05, 0) is 67.1 Å². The third-order valence-corrected chi connectivity index (χ3v) is 8.32. The Bertz CT molecular complexity index is 1620. The van der Waals surface area contributed by atoms with E-state index in [-0.39, 0.29) is 9.77 Å². The summed E-state index contributed by atoms with van der Waals surface area (Å²) in [5, 5.41) is 4.88. The molecule has 196 valence electrons. The molecule has 0 atom stereocenters. The van der Waals surface area contributed by atoms with Crippen molar-refractivity contribution in [1.82, 2.24) is 10.1 Å². The predicted octanol–water partition coefficient (Wildman–Crippen LogP) is 4.52. The Labute approximate surface area is 228 Å². The van der Waals surface area contributed by atoms with E-state index in [9.17, 15) is 18.0 Å². The van der Waals surface area contributed by atoms with Crippen molar-refractivity contribution < 1.29 is 27.5 Å². The topological polar surface area (TPSA) is 123 Å². The van der Waals surface area contributed by atoms with E-state index in [1.165, 1.54) is 29.7 Å². The molecule has 4 aromatic rings. The number of hydrogen-bond acceptors (Lipinski definition) is 8. The van der Waals surface area contributed by atoms with Gasteiger partial charge in [0.15, 0.2) is 0 Å². The first-order valence-corrected chi connectivity index (χ1v) is 13.8. The summed E-state index contributed by atoms with van der Waals surface area (Å²) < 4.78 is 38.2. The van der Waals surface area contributed by atoms with Gasteiger partial charge in [0.2, 0.25) is 10.0 Å². The SMILES string of the molecule is COc1ccc2c(Cl)c(C(=O)Oc3ccc(/C=N/NC(=O)CNS(=O)(=O)c4ccc(C)cc4)cc3)sc2c1. The molecular weight excluding hydrogens is 550 g/mol. The van der Waals surface area contributed by atoms with Crippen LogP contribution in [0, 0.1) is 6.92 Å². The number of fused-ring (bicyclic) bond motifs is 1. The fraction of sp³-hybridized carbons (Fsp3) is 0.115. The fourth-order valence-corrected chi connectivity index (χ4v) is 5.65. The molecule has 3 aromatic carbocycles. The lowest BCUT2D eigenvalue weighted by molar-refractivity contribution is -0.119. The van der Waals surface area contributed by atoms with E-state index in [4.69, 9.17) is 21.1 Å². The van der Waals surface area contributed by atoms with Crippen molar-refractivity contribution in [3.05, 3.63) is 87.8 Å². The summed E-state index contributed by atoms with van der Waals surface area (Å²) >= 11 is 7.60. The van der Waals surface area contributed by atoms with Gasteiger partial charge in [-0.1, -0.05) is 29.3 Å². The van der Waals surface area contributed by atoms with Crippen LogP contribution in [0.3, 0.4) is 0 Å². The molecule has 0 fully saturated rings. The third kappa shape index (κ3) is 6.56. The highest BCUT2D eigenvalue weighted by atomic mass is 35.5. The highest BCUT2D eigenvalue weighted by Crippen LogP contribution is 2.37. The number of carbonyl (C=O) groups excluding carboxylic acids is 2. The Hall–Kier alpha value is -3.77. The van der Waals surface area contributed by atoms with Gasteiger partial charge in [0.25, 0.3) is 5.91 Å². The normalized spacial score (nSPS) is 11.6. The van der Waals surface area contributed by atoms with E-state index in [2.05, 4.69) is 15.2 Å². The molecule has 2 N–H and O–H groups in total. The number of benzene rings is 3. The Morgan fingerprint density at radius 3 is 2.39 bits per heavy atom. The van der Waals surface area contributed by atoms with Crippen LogP contribution in [0.15, 0.2) is 76.7 Å². The average Bonchev–Trinajstić information content (AvgIpc) is 3.24. The molecule has 0 unspecified atom stereocenters. The maximum absolute atomic E-state index is 12.7. The minimum Gasteiger partial charge on any atom is -0.497 e. The number of aryl methyl sites for hydroxylation is 1. The molecule has 1 amide bonds. The second-order valence-electron chi connectivity index (χ2n) is 8.00. The highest BCUT2D eigenvalue weighted by molar-refractivity contribution is 7.89. The fourth-order valence-electron chi connectivity index (χ4n) is 3.26. The second-order valence-corrected chi connectivity index (χ2v) is 11.2. The zero-order chi connectivity index (χ0) is 27.3. The smallest absolute Gasteiger partial charge is 0.355 e. The van der Waals surface area contributed by atoms with Crippen LogP contribution in [0.2, 0.25) is 5.02 Å². The summed E-state index contributed by atoms with van der Waals surface area (Å²) in [7, 11) is -2.25. The molecule has 0 aliphatic rings. The van der Waals surface area contributed by atoms with E-state index >= 15 is 0 Å². The van der Waals surface area contributed by atoms with E-state index in [1.807, 2.05) is 6.92 Å². The number of methoxy groups -OCH3 is 1. The number of sulfonamides is 1. The second kappa shape index (κ2) is 11.7. The summed E-state index contributed by atoms with van der Waals surface area (Å²) in [5.41, 5.74) is 3.78. The number of esters is 1. The number of hydrazone groups is 1. The molecule has 0 saturated carbocycles. The van der Waals surface area contributed by atoms with Crippen molar-refractivity contribution >= 4 is 61.1 Å². The Morgan fingerprint density at radius 1 is 1.03 bits per heavy atom. The van der Waals surface area contributed by atoms with Crippen molar-refractivity contribution in [2.75, 3.05) is 13.7 Å². The summed E-state index contributed by atoms with van der Waals surface area (Å²) in [5.74, 6) is -0.266. The van der Waals surface area contributed by atoms with E-state index in [1.54, 1.807) is 61.7 Å². The first kappa shape index (κ1) is 27.3. The molecule has 4 rings (SSSR count). The predicted molar refractivity (Wildman–Crippen MR) is 147 cm³/mol. The van der Waals surface area contributed by atoms with E-state index < -0.39 is 28.4 Å². The zero-order valence-corrected chi connectivity index (χ0v) is 22.6. The maximum Gasteiger partial charge on any atom is 0.355 e. The van der Waals surface area contributed by atoms with Gasteiger partial charge in [-0.3, -0.25) is 4.79 Å². The number of ether oxygens (including phenoxy) is 2. The molecule has 0 spiro atoms. The molecule has 0 aliphatic carbocycles. The van der Waals surface area contributed by atoms with Crippen molar-refractivity contribution in [2.45, 2.75) is 11.8 Å². The number of amides is 1. The number of rotatable bonds is 9. The lowest BCUT2D eigenvalue weighted by Crippen LogP contribution is -2.34. The molecule has 0 saturated heterocycles. The van der Waals surface area contributed by atoms with Gasteiger partial charge >= 0.3 is 5.97 Å². The molecule has 0 aliphatic heterocycles. The lowest BCUT2D eigenvalue weighted by Gasteiger charge is -2.06. The minimum absolute atomic E-state index is 0.0649. The van der Waals surface area contributed by atoms with Crippen LogP contribution in [-0.4, -0.2) is 40.2 Å². The molecule has 38 heavy (non-hydrogen) atoms. The van der Waals surface area contributed by atoms with E-state index in [0.29, 0.717) is 22.1 Å². The summed E-state index contributed by atoms with van der Waals surface area (Å²) in [6.45, 7) is 1.37. The van der Waals surface area contributed by atoms with Crippen LogP contribution in [-0.2, 0) is 14.8 Å². The van der Waals surface area contributed by atoms with Crippen LogP contribution in [0.25, 0.3) is 10.1 Å². The van der Waals surface area contributed by atoms with Gasteiger partial charge in [-0.25, -0.2) is 23.4 Å². The Morgan fingerprint density at radius 2 is 1.71 bits per heavy atom. The van der Waals surface area contributed by atoms with Crippen LogP contribution in [0.4, 0.5) is 0 Å². The van der Waals surface area contributed by atoms with Gasteiger partial charge in [0, 0.05) is 10.1 Å². The van der Waals surface area contributed by atoms with Gasteiger partial charge in [0.1, 0.15) is 16.4 Å². The van der Waals surface area contributed by atoms with Crippen LogP contribution in [0.1, 0.15) is 20.8 Å². The molecule has 0 radical (unpaired) electrons. The maximum atomic E-state index is 12.7. The number of hydrogen-bond donors (Lipinski definition) is 2. The Kier molecular flexibility index (Phi) is 8.42. The van der Waals surface area contributed by atoms with Crippen molar-refractivity contribution in [3.63, 3.8) is 0 Å². The first-order valence-electron chi connectivity index (χ1n) is 11.1. The zero-order valence-electron chi connectivity index (χ0n) is 20.2. The number of nitrogens with one attached hydrogen (secondary N) is 2. The van der Waals surface area contributed by atoms with Gasteiger partial charge in [-0.15, -0.1) is 11.3 Å². The van der Waals surface area contributed by atoms with Gasteiger partial charge < -0.3 is 9.47 Å². The van der Waals surface area contributed by atoms with Crippen molar-refractivity contribution in [1.29, 1.82) is 0 Å². The van der Waals surface area contributed by atoms with Crippen LogP contribution in [0.5, 0.6) is 11.5 Å². The van der Waals surface area contributed by atoms with Gasteiger partial charge in [0.05, 0.1) is 29.8 Å². The largest absolute Gasteiger partial charge is 0.497 e. The molecule has 0 bridgehead atoms. The average molecular weight is 572 g/mol. The van der Waals surface area contributed by atoms with Crippen LogP contribution < -0.4 is 19.6 Å². The number of carbonyl (C=O) groups is 2. The monoisotopic (exact) mass is 571 g/mol. The molecule has 1 aromatic heterocycles. The number of halogens is 1. The Balaban J connectivity index is 1.30. The lowest BCUT2D eigenvalue weighted by atomic mass is 10.2. The number of thiophene rings is 1. The molecular formula is C26H22ClN3O6S2. The number of nitrogens with zero attached hydrogens (tertiary/aromatic N) is 1. The molecule has 1 heterocycles. The third-order valence-electron chi connectivity index (χ3n) is 5.27. The van der Waals surface area contributed by atoms with Crippen molar-refractivity contribution in [3.8, 4) is 11.5 Å². The van der Waals surface area contributed by atoms with Crippen LogP contribution >= 0.6 is 22.9 Å².